The van der Waals surface area contributed by atoms with Crippen LogP contribution in [0.4, 0.5) is 0 Å². The fourth-order valence-electron chi connectivity index (χ4n) is 4.57. The zero-order valence-corrected chi connectivity index (χ0v) is 19.0. The molecule has 0 bridgehead atoms. The fraction of sp³-hybridized carbons (Fsp3) is 0.458. The van der Waals surface area contributed by atoms with E-state index in [0.717, 1.165) is 30.6 Å². The Labute approximate surface area is 184 Å². The number of ether oxygens (including phenoxy) is 1. The number of carbonyl (C=O) groups excluding carboxylic acids is 1. The van der Waals surface area contributed by atoms with Crippen molar-refractivity contribution in [3.05, 3.63) is 59.2 Å². The van der Waals surface area contributed by atoms with Crippen molar-refractivity contribution in [2.75, 3.05) is 20.2 Å². The fourth-order valence-corrected chi connectivity index (χ4v) is 6.04. The lowest BCUT2D eigenvalue weighted by molar-refractivity contribution is -0.127. The van der Waals surface area contributed by atoms with Crippen LogP contribution >= 0.6 is 0 Å². The molecule has 2 aromatic carbocycles. The lowest BCUT2D eigenvalue weighted by Gasteiger charge is -2.33. The first-order valence-electron chi connectivity index (χ1n) is 10.9. The Morgan fingerprint density at radius 3 is 2.45 bits per heavy atom. The van der Waals surface area contributed by atoms with Crippen LogP contribution in [0.5, 0.6) is 5.75 Å². The molecule has 0 spiro atoms. The monoisotopic (exact) mass is 442 g/mol. The van der Waals surface area contributed by atoms with Gasteiger partial charge in [-0.15, -0.1) is 0 Å². The van der Waals surface area contributed by atoms with Gasteiger partial charge in [-0.05, 0) is 74.4 Å². The third-order valence-electron chi connectivity index (χ3n) is 6.46. The van der Waals surface area contributed by atoms with Gasteiger partial charge in [0.25, 0.3) is 0 Å². The van der Waals surface area contributed by atoms with E-state index in [0.29, 0.717) is 30.8 Å². The lowest BCUT2D eigenvalue weighted by Crippen LogP contribution is -2.44. The summed E-state index contributed by atoms with van der Waals surface area (Å²) in [5.74, 6) is 0.710. The SMILES string of the molecule is COc1ccc2c(c1)CCC[C@H]2NC(=O)C1CCN(S(=O)(=O)c2ccc(C)cc2)CC1. The highest BCUT2D eigenvalue weighted by Gasteiger charge is 2.33. The summed E-state index contributed by atoms with van der Waals surface area (Å²) in [7, 11) is -1.85. The predicted molar refractivity (Wildman–Crippen MR) is 119 cm³/mol. The van der Waals surface area contributed by atoms with E-state index < -0.39 is 10.0 Å². The maximum atomic E-state index is 13.0. The van der Waals surface area contributed by atoms with E-state index >= 15 is 0 Å². The first-order valence-corrected chi connectivity index (χ1v) is 12.4. The minimum atomic E-state index is -3.51. The molecule has 1 fully saturated rings. The first-order chi connectivity index (χ1) is 14.9. The summed E-state index contributed by atoms with van der Waals surface area (Å²) < 4.78 is 32.6. The van der Waals surface area contributed by atoms with Crippen LogP contribution in [-0.2, 0) is 21.2 Å². The molecule has 4 rings (SSSR count). The number of nitrogens with one attached hydrogen (secondary N) is 1. The van der Waals surface area contributed by atoms with Gasteiger partial charge in [-0.3, -0.25) is 4.79 Å². The van der Waals surface area contributed by atoms with Crippen molar-refractivity contribution in [2.45, 2.75) is 50.0 Å². The molecule has 1 atom stereocenters. The number of hydrogen-bond donors (Lipinski definition) is 1. The molecular weight excluding hydrogens is 412 g/mol. The number of rotatable bonds is 5. The molecule has 0 saturated carbocycles. The van der Waals surface area contributed by atoms with Crippen molar-refractivity contribution in [3.8, 4) is 5.75 Å². The highest BCUT2D eigenvalue weighted by Crippen LogP contribution is 2.33. The van der Waals surface area contributed by atoms with Gasteiger partial charge >= 0.3 is 0 Å². The van der Waals surface area contributed by atoms with Crippen molar-refractivity contribution in [3.63, 3.8) is 0 Å². The van der Waals surface area contributed by atoms with Crippen LogP contribution in [0.3, 0.4) is 0 Å². The van der Waals surface area contributed by atoms with Gasteiger partial charge in [-0.25, -0.2) is 8.42 Å². The van der Waals surface area contributed by atoms with Gasteiger partial charge in [0.15, 0.2) is 0 Å². The number of methoxy groups -OCH3 is 1. The average molecular weight is 443 g/mol. The van der Waals surface area contributed by atoms with Gasteiger partial charge in [0, 0.05) is 19.0 Å². The van der Waals surface area contributed by atoms with Crippen LogP contribution in [0, 0.1) is 12.8 Å². The van der Waals surface area contributed by atoms with Crippen LogP contribution < -0.4 is 10.1 Å². The molecule has 1 heterocycles. The van der Waals surface area contributed by atoms with Crippen LogP contribution in [0.25, 0.3) is 0 Å². The maximum Gasteiger partial charge on any atom is 0.243 e. The molecule has 7 heteroatoms. The Hall–Kier alpha value is -2.38. The zero-order valence-electron chi connectivity index (χ0n) is 18.1. The number of sulfonamides is 1. The number of benzene rings is 2. The van der Waals surface area contributed by atoms with E-state index in [4.69, 9.17) is 4.74 Å². The number of nitrogens with zero attached hydrogens (tertiary/aromatic N) is 1. The summed E-state index contributed by atoms with van der Waals surface area (Å²) in [5, 5.41) is 3.23. The molecule has 166 valence electrons. The maximum absolute atomic E-state index is 13.0. The number of piperidine rings is 1. The standard InChI is InChI=1S/C24H30N2O4S/c1-17-6-9-21(10-7-17)31(28,29)26-14-12-18(13-15-26)24(27)25-23-5-3-4-19-16-20(30-2)8-11-22(19)23/h6-11,16,18,23H,3-5,12-15H2,1-2H3,(H,25,27)/t23-/m1/s1. The minimum Gasteiger partial charge on any atom is -0.497 e. The normalized spacial score (nSPS) is 20.1. The van der Waals surface area contributed by atoms with Crippen LogP contribution in [0.1, 0.15) is 48.4 Å². The number of aryl methyl sites for hydroxylation is 2. The molecule has 0 radical (unpaired) electrons. The van der Waals surface area contributed by atoms with E-state index in [1.54, 1.807) is 19.2 Å². The molecule has 2 aliphatic rings. The predicted octanol–water partition coefficient (Wildman–Crippen LogP) is 3.60. The van der Waals surface area contributed by atoms with Gasteiger partial charge < -0.3 is 10.1 Å². The Morgan fingerprint density at radius 1 is 1.06 bits per heavy atom. The van der Waals surface area contributed by atoms with Crippen LogP contribution in [0.2, 0.25) is 0 Å². The van der Waals surface area contributed by atoms with Gasteiger partial charge in [-0.2, -0.15) is 4.31 Å². The number of amides is 1. The highest BCUT2D eigenvalue weighted by molar-refractivity contribution is 7.89. The van der Waals surface area contributed by atoms with Crippen LogP contribution in [0.15, 0.2) is 47.4 Å². The van der Waals surface area contributed by atoms with Crippen molar-refractivity contribution in [1.29, 1.82) is 0 Å². The van der Waals surface area contributed by atoms with E-state index in [1.165, 1.54) is 15.4 Å². The molecular formula is C24H30N2O4S. The zero-order chi connectivity index (χ0) is 22.0. The Morgan fingerprint density at radius 2 is 1.77 bits per heavy atom. The molecule has 1 N–H and O–H groups in total. The van der Waals surface area contributed by atoms with E-state index in [2.05, 4.69) is 17.4 Å². The Balaban J connectivity index is 1.38. The second kappa shape index (κ2) is 9.01. The average Bonchev–Trinajstić information content (AvgIpc) is 2.79. The van der Waals surface area contributed by atoms with Crippen molar-refractivity contribution in [2.24, 2.45) is 5.92 Å². The second-order valence-corrected chi connectivity index (χ2v) is 10.4. The number of fused-ring (bicyclic) bond motifs is 1. The smallest absolute Gasteiger partial charge is 0.243 e. The second-order valence-electron chi connectivity index (χ2n) is 8.51. The Bertz CT molecular complexity index is 1040. The molecule has 1 aliphatic heterocycles. The molecule has 1 aliphatic carbocycles. The highest BCUT2D eigenvalue weighted by atomic mass is 32.2. The van der Waals surface area contributed by atoms with Gasteiger partial charge in [0.1, 0.15) is 5.75 Å². The lowest BCUT2D eigenvalue weighted by atomic mass is 9.86. The molecule has 0 unspecified atom stereocenters. The van der Waals surface area contributed by atoms with Gasteiger partial charge in [-0.1, -0.05) is 23.8 Å². The van der Waals surface area contributed by atoms with Crippen molar-refractivity contribution < 1.29 is 17.9 Å². The summed E-state index contributed by atoms with van der Waals surface area (Å²) in [5.41, 5.74) is 3.42. The largest absolute Gasteiger partial charge is 0.497 e. The van der Waals surface area contributed by atoms with E-state index in [1.807, 2.05) is 25.1 Å². The summed E-state index contributed by atoms with van der Waals surface area (Å²) in [6, 6.07) is 13.0. The van der Waals surface area contributed by atoms with E-state index in [9.17, 15) is 13.2 Å². The van der Waals surface area contributed by atoms with Gasteiger partial charge in [0.05, 0.1) is 18.0 Å². The summed E-state index contributed by atoms with van der Waals surface area (Å²) in [6.45, 7) is 2.67. The summed E-state index contributed by atoms with van der Waals surface area (Å²) >= 11 is 0. The van der Waals surface area contributed by atoms with Crippen molar-refractivity contribution in [1.82, 2.24) is 9.62 Å². The molecule has 1 amide bonds. The summed E-state index contributed by atoms with van der Waals surface area (Å²) in [4.78, 5) is 13.3. The molecule has 6 nitrogen and oxygen atoms in total. The van der Waals surface area contributed by atoms with Crippen molar-refractivity contribution >= 4 is 15.9 Å². The van der Waals surface area contributed by atoms with Crippen LogP contribution in [-0.4, -0.2) is 38.8 Å². The molecule has 0 aromatic heterocycles. The quantitative estimate of drug-likeness (QED) is 0.768. The molecule has 31 heavy (non-hydrogen) atoms. The summed E-state index contributed by atoms with van der Waals surface area (Å²) in [6.07, 6.45) is 4.02. The van der Waals surface area contributed by atoms with Gasteiger partial charge in [0.2, 0.25) is 15.9 Å². The molecule has 1 saturated heterocycles. The Kier molecular flexibility index (Phi) is 6.34. The number of hydrogen-bond acceptors (Lipinski definition) is 4. The topological polar surface area (TPSA) is 75.7 Å². The third-order valence-corrected chi connectivity index (χ3v) is 8.38. The molecule has 2 aromatic rings. The first kappa shape index (κ1) is 21.8. The van der Waals surface area contributed by atoms with E-state index in [-0.39, 0.29) is 17.9 Å². The number of carbonyl (C=O) groups is 1. The third kappa shape index (κ3) is 4.62. The minimum absolute atomic E-state index is 0.0106.